The number of allylic oxidation sites excluding steroid dienone is 2. The van der Waals surface area contributed by atoms with E-state index in [0.717, 1.165) is 19.3 Å². The van der Waals surface area contributed by atoms with Gasteiger partial charge in [0.25, 0.3) is 0 Å². The molecule has 110 valence electrons. The van der Waals surface area contributed by atoms with E-state index in [1.54, 1.807) is 0 Å². The summed E-state index contributed by atoms with van der Waals surface area (Å²) >= 11 is 0. The van der Waals surface area contributed by atoms with Crippen molar-refractivity contribution < 1.29 is 9.53 Å². The Kier molecular flexibility index (Phi) is 8.44. The molecule has 0 saturated carbocycles. The monoisotopic (exact) mass is 274 g/mol. The minimum Gasteiger partial charge on any atom is -0.469 e. The third-order valence-corrected chi connectivity index (χ3v) is 3.49. The van der Waals surface area contributed by atoms with E-state index < -0.39 is 0 Å². The Bertz CT molecular complexity index is 407. The second kappa shape index (κ2) is 10.2. The molecule has 1 rings (SSSR count). The van der Waals surface area contributed by atoms with Crippen LogP contribution in [0.1, 0.15) is 57.4 Å². The number of methoxy groups -OCH3 is 1. The standard InChI is InChI=1S/C18H26O2/c1-16(17-13-9-7-10-14-17)12-8-5-3-4-6-11-15-18(19)20-2/h7,9-10,12-14H,3-6,8,11,15H2,1-2H3/b16-12-. The van der Waals surface area contributed by atoms with E-state index in [0.29, 0.717) is 6.42 Å². The third-order valence-electron chi connectivity index (χ3n) is 3.49. The molecule has 0 radical (unpaired) electrons. The van der Waals surface area contributed by atoms with E-state index in [1.807, 2.05) is 6.07 Å². The van der Waals surface area contributed by atoms with Crippen molar-refractivity contribution in [3.63, 3.8) is 0 Å². The van der Waals surface area contributed by atoms with Crippen LogP contribution in [-0.2, 0) is 9.53 Å². The lowest BCUT2D eigenvalue weighted by atomic mass is 10.0. The van der Waals surface area contributed by atoms with Crippen LogP contribution in [0.2, 0.25) is 0 Å². The highest BCUT2D eigenvalue weighted by Crippen LogP contribution is 2.15. The molecule has 1 aromatic carbocycles. The van der Waals surface area contributed by atoms with Crippen molar-refractivity contribution in [3.05, 3.63) is 42.0 Å². The molecule has 0 aliphatic rings. The van der Waals surface area contributed by atoms with Gasteiger partial charge in [0.1, 0.15) is 0 Å². The summed E-state index contributed by atoms with van der Waals surface area (Å²) in [4.78, 5) is 10.9. The van der Waals surface area contributed by atoms with Gasteiger partial charge in [0.05, 0.1) is 7.11 Å². The first kappa shape index (κ1) is 16.5. The summed E-state index contributed by atoms with van der Waals surface area (Å²) in [6, 6.07) is 10.5. The van der Waals surface area contributed by atoms with Crippen LogP contribution in [-0.4, -0.2) is 13.1 Å². The average Bonchev–Trinajstić information content (AvgIpc) is 2.50. The summed E-state index contributed by atoms with van der Waals surface area (Å²) in [6.07, 6.45) is 9.75. The van der Waals surface area contributed by atoms with Crippen molar-refractivity contribution in [3.8, 4) is 0 Å². The molecule has 2 heteroatoms. The maximum absolute atomic E-state index is 10.9. The molecule has 0 aromatic heterocycles. The van der Waals surface area contributed by atoms with Gasteiger partial charge in [-0.15, -0.1) is 0 Å². The maximum atomic E-state index is 10.9. The number of esters is 1. The molecule has 0 aliphatic heterocycles. The first-order chi connectivity index (χ1) is 9.74. The van der Waals surface area contributed by atoms with Gasteiger partial charge >= 0.3 is 5.97 Å². The van der Waals surface area contributed by atoms with Crippen LogP contribution in [0.3, 0.4) is 0 Å². The number of hydrogen-bond acceptors (Lipinski definition) is 2. The lowest BCUT2D eigenvalue weighted by Gasteiger charge is -2.02. The number of rotatable bonds is 9. The molecule has 0 atom stereocenters. The van der Waals surface area contributed by atoms with Gasteiger partial charge in [-0.25, -0.2) is 0 Å². The second-order valence-corrected chi connectivity index (χ2v) is 5.14. The molecule has 0 amide bonds. The quantitative estimate of drug-likeness (QED) is 0.468. The van der Waals surface area contributed by atoms with Crippen molar-refractivity contribution >= 4 is 11.5 Å². The third kappa shape index (κ3) is 7.13. The van der Waals surface area contributed by atoms with Gasteiger partial charge in [0, 0.05) is 6.42 Å². The molecule has 20 heavy (non-hydrogen) atoms. The predicted octanol–water partition coefficient (Wildman–Crippen LogP) is 4.99. The van der Waals surface area contributed by atoms with E-state index in [9.17, 15) is 4.79 Å². The highest BCUT2D eigenvalue weighted by atomic mass is 16.5. The fraction of sp³-hybridized carbons (Fsp3) is 0.500. The lowest BCUT2D eigenvalue weighted by Crippen LogP contribution is -1.99. The van der Waals surface area contributed by atoms with Crippen LogP contribution in [0, 0.1) is 0 Å². The van der Waals surface area contributed by atoms with Crippen LogP contribution in [0.4, 0.5) is 0 Å². The Morgan fingerprint density at radius 2 is 1.70 bits per heavy atom. The van der Waals surface area contributed by atoms with Crippen LogP contribution >= 0.6 is 0 Å². The normalized spacial score (nSPS) is 11.4. The van der Waals surface area contributed by atoms with Crippen molar-refractivity contribution in [1.29, 1.82) is 0 Å². The van der Waals surface area contributed by atoms with E-state index in [4.69, 9.17) is 0 Å². The van der Waals surface area contributed by atoms with Gasteiger partial charge in [0.15, 0.2) is 0 Å². The summed E-state index contributed by atoms with van der Waals surface area (Å²) in [5.41, 5.74) is 2.67. The second-order valence-electron chi connectivity index (χ2n) is 5.14. The molecule has 0 bridgehead atoms. The molecule has 0 saturated heterocycles. The van der Waals surface area contributed by atoms with Gasteiger partial charge in [0.2, 0.25) is 0 Å². The number of benzene rings is 1. The molecule has 0 heterocycles. The molecule has 0 N–H and O–H groups in total. The van der Waals surface area contributed by atoms with Gasteiger partial charge in [-0.05, 0) is 37.3 Å². The fourth-order valence-electron chi connectivity index (χ4n) is 2.18. The molecule has 0 aliphatic carbocycles. The van der Waals surface area contributed by atoms with Gasteiger partial charge in [-0.2, -0.15) is 0 Å². The van der Waals surface area contributed by atoms with E-state index in [-0.39, 0.29) is 5.97 Å². The summed E-state index contributed by atoms with van der Waals surface area (Å²) < 4.78 is 4.62. The number of unbranched alkanes of at least 4 members (excludes halogenated alkanes) is 5. The molecular weight excluding hydrogens is 248 g/mol. The SMILES string of the molecule is COC(=O)CCCCCCC/C=C(/C)c1ccccc1. The Balaban J connectivity index is 2.06. The minimum atomic E-state index is -0.0913. The Morgan fingerprint density at radius 1 is 1.05 bits per heavy atom. The predicted molar refractivity (Wildman–Crippen MR) is 84.4 cm³/mol. The van der Waals surface area contributed by atoms with E-state index in [2.05, 4.69) is 42.0 Å². The molecule has 0 fully saturated rings. The average molecular weight is 274 g/mol. The number of carbonyl (C=O) groups excluding carboxylic acids is 1. The zero-order valence-corrected chi connectivity index (χ0v) is 12.7. The van der Waals surface area contributed by atoms with Crippen LogP contribution in [0.25, 0.3) is 5.57 Å². The maximum Gasteiger partial charge on any atom is 0.305 e. The molecule has 0 spiro atoms. The lowest BCUT2D eigenvalue weighted by molar-refractivity contribution is -0.140. The van der Waals surface area contributed by atoms with Gasteiger partial charge < -0.3 is 4.74 Å². The molecule has 2 nitrogen and oxygen atoms in total. The smallest absolute Gasteiger partial charge is 0.305 e. The molecule has 1 aromatic rings. The van der Waals surface area contributed by atoms with Crippen LogP contribution in [0.15, 0.2) is 36.4 Å². The zero-order chi connectivity index (χ0) is 14.6. The summed E-state index contributed by atoms with van der Waals surface area (Å²) in [7, 11) is 1.45. The van der Waals surface area contributed by atoms with Crippen LogP contribution < -0.4 is 0 Å². The van der Waals surface area contributed by atoms with E-state index >= 15 is 0 Å². The Morgan fingerprint density at radius 3 is 2.40 bits per heavy atom. The first-order valence-corrected chi connectivity index (χ1v) is 7.53. The molecular formula is C18H26O2. The largest absolute Gasteiger partial charge is 0.469 e. The van der Waals surface area contributed by atoms with Crippen molar-refractivity contribution in [2.24, 2.45) is 0 Å². The van der Waals surface area contributed by atoms with Crippen molar-refractivity contribution in [2.75, 3.05) is 7.11 Å². The fourth-order valence-corrected chi connectivity index (χ4v) is 2.18. The highest BCUT2D eigenvalue weighted by molar-refractivity contribution is 5.68. The Hall–Kier alpha value is -1.57. The number of hydrogen-bond donors (Lipinski definition) is 0. The highest BCUT2D eigenvalue weighted by Gasteiger charge is 1.99. The van der Waals surface area contributed by atoms with Gasteiger partial charge in [-0.1, -0.05) is 55.7 Å². The summed E-state index contributed by atoms with van der Waals surface area (Å²) in [5, 5.41) is 0. The minimum absolute atomic E-state index is 0.0913. The Labute approximate surface area is 122 Å². The number of carbonyl (C=O) groups is 1. The molecule has 0 unspecified atom stereocenters. The summed E-state index contributed by atoms with van der Waals surface area (Å²) in [5.74, 6) is -0.0913. The first-order valence-electron chi connectivity index (χ1n) is 7.53. The van der Waals surface area contributed by atoms with Crippen molar-refractivity contribution in [2.45, 2.75) is 51.9 Å². The van der Waals surface area contributed by atoms with Gasteiger partial charge in [-0.3, -0.25) is 4.79 Å². The zero-order valence-electron chi connectivity index (χ0n) is 12.7. The number of ether oxygens (including phenoxy) is 1. The van der Waals surface area contributed by atoms with Crippen LogP contribution in [0.5, 0.6) is 0 Å². The summed E-state index contributed by atoms with van der Waals surface area (Å²) in [6.45, 7) is 2.17. The van der Waals surface area contributed by atoms with Crippen molar-refractivity contribution in [1.82, 2.24) is 0 Å². The van der Waals surface area contributed by atoms with E-state index in [1.165, 1.54) is 37.5 Å². The topological polar surface area (TPSA) is 26.3 Å².